The number of benzene rings is 1. The summed E-state index contributed by atoms with van der Waals surface area (Å²) in [7, 11) is 3.62. The zero-order valence-corrected chi connectivity index (χ0v) is 23.0. The van der Waals surface area contributed by atoms with E-state index in [1.165, 1.54) is 19.3 Å². The molecule has 1 aliphatic carbocycles. The van der Waals surface area contributed by atoms with Crippen molar-refractivity contribution in [1.29, 1.82) is 0 Å². The Morgan fingerprint density at radius 3 is 2.35 bits per heavy atom. The van der Waals surface area contributed by atoms with Crippen molar-refractivity contribution in [3.05, 3.63) is 36.0 Å². The van der Waals surface area contributed by atoms with Crippen molar-refractivity contribution in [3.63, 3.8) is 0 Å². The molecule has 1 saturated carbocycles. The van der Waals surface area contributed by atoms with Gasteiger partial charge in [0.1, 0.15) is 11.9 Å². The molecule has 7 nitrogen and oxygen atoms in total. The van der Waals surface area contributed by atoms with Gasteiger partial charge in [-0.3, -0.25) is 4.79 Å². The van der Waals surface area contributed by atoms with Gasteiger partial charge in [-0.25, -0.2) is 0 Å². The molecular weight excluding hydrogens is 464 g/mol. The van der Waals surface area contributed by atoms with E-state index in [-0.39, 0.29) is 12.0 Å². The summed E-state index contributed by atoms with van der Waals surface area (Å²) in [6.07, 6.45) is 12.2. The molecule has 2 aromatic rings. The van der Waals surface area contributed by atoms with E-state index in [4.69, 9.17) is 9.47 Å². The highest BCUT2D eigenvalue weighted by Crippen LogP contribution is 2.30. The molecule has 202 valence electrons. The Morgan fingerprint density at radius 1 is 0.973 bits per heavy atom. The molecule has 1 aromatic carbocycles. The zero-order chi connectivity index (χ0) is 26.0. The fourth-order valence-corrected chi connectivity index (χ4v) is 5.22. The van der Waals surface area contributed by atoms with Crippen LogP contribution in [-0.2, 0) is 11.2 Å². The minimum absolute atomic E-state index is 0.121. The number of hydrogen-bond donors (Lipinski definition) is 0. The number of rotatable bonds is 11. The second kappa shape index (κ2) is 13.8. The van der Waals surface area contributed by atoms with Crippen LogP contribution in [-0.4, -0.2) is 71.8 Å². The first-order valence-electron chi connectivity index (χ1n) is 14.2. The molecule has 2 fully saturated rings. The first-order valence-corrected chi connectivity index (χ1v) is 14.2. The molecule has 4 rings (SSSR count). The van der Waals surface area contributed by atoms with Crippen LogP contribution in [0.4, 0.5) is 0 Å². The number of unbranched alkanes of at least 4 members (excludes halogenated alkanes) is 1. The van der Waals surface area contributed by atoms with Crippen molar-refractivity contribution in [2.75, 3.05) is 33.7 Å². The Morgan fingerprint density at radius 2 is 1.68 bits per heavy atom. The van der Waals surface area contributed by atoms with Gasteiger partial charge in [-0.15, -0.1) is 5.10 Å². The predicted molar refractivity (Wildman–Crippen MR) is 147 cm³/mol. The molecule has 0 radical (unpaired) electrons. The van der Waals surface area contributed by atoms with Gasteiger partial charge in [-0.05, 0) is 69.1 Å². The summed E-state index contributed by atoms with van der Waals surface area (Å²) in [4.78, 5) is 15.9. The van der Waals surface area contributed by atoms with Crippen molar-refractivity contribution >= 4 is 5.91 Å². The lowest BCUT2D eigenvalue weighted by Gasteiger charge is -2.31. The second-order valence-corrected chi connectivity index (χ2v) is 10.7. The molecule has 1 amide bonds. The summed E-state index contributed by atoms with van der Waals surface area (Å²) in [5.41, 5.74) is 3.25. The van der Waals surface area contributed by atoms with Crippen molar-refractivity contribution < 1.29 is 14.3 Å². The summed E-state index contributed by atoms with van der Waals surface area (Å²) in [5, 5.41) is 9.04. The number of hydrogen-bond acceptors (Lipinski definition) is 6. The summed E-state index contributed by atoms with van der Waals surface area (Å²) in [6, 6.07) is 10.5. The number of carbonyl (C=O) groups excluding carboxylic acids is 1. The van der Waals surface area contributed by atoms with Gasteiger partial charge in [-0.2, -0.15) is 5.10 Å². The number of nitrogens with zero attached hydrogens (tertiary/aromatic N) is 4. The Bertz CT molecular complexity index is 981. The number of likely N-dealkylation sites (tertiary alicyclic amines) is 1. The van der Waals surface area contributed by atoms with Gasteiger partial charge in [0.15, 0.2) is 0 Å². The Hall–Kier alpha value is -2.67. The minimum atomic E-state index is 0.121. The maximum atomic E-state index is 11.9. The lowest BCUT2D eigenvalue weighted by molar-refractivity contribution is -0.129. The number of amides is 1. The Balaban J connectivity index is 1.38. The highest BCUT2D eigenvalue weighted by Gasteiger charge is 2.22. The van der Waals surface area contributed by atoms with Crippen LogP contribution < -0.4 is 9.47 Å². The van der Waals surface area contributed by atoms with E-state index in [0.29, 0.717) is 18.4 Å². The maximum Gasteiger partial charge on any atom is 0.234 e. The lowest BCUT2D eigenvalue weighted by atomic mass is 9.97. The third kappa shape index (κ3) is 8.16. The van der Waals surface area contributed by atoms with Gasteiger partial charge in [0.2, 0.25) is 11.8 Å². The van der Waals surface area contributed by atoms with Crippen LogP contribution in [0.1, 0.15) is 76.8 Å². The largest absolute Gasteiger partial charge is 0.490 e. The molecule has 1 saturated heterocycles. The summed E-state index contributed by atoms with van der Waals surface area (Å²) >= 11 is 0. The van der Waals surface area contributed by atoms with Crippen LogP contribution in [0.15, 0.2) is 30.3 Å². The monoisotopic (exact) mass is 508 g/mol. The lowest BCUT2D eigenvalue weighted by Crippen LogP contribution is -2.40. The number of carbonyl (C=O) groups is 1. The molecule has 0 bridgehead atoms. The number of ether oxygens (including phenoxy) is 2. The van der Waals surface area contributed by atoms with E-state index in [2.05, 4.69) is 52.4 Å². The molecule has 0 spiro atoms. The SMILES string of the molecule is CCCCc1nnc(OC2CCN(CCC(=O)N(C)C)CC2)cc1-c1ccc(OC2CCCCC2)cc1. The van der Waals surface area contributed by atoms with Crippen LogP contribution in [0.5, 0.6) is 11.6 Å². The van der Waals surface area contributed by atoms with Gasteiger partial charge in [0.05, 0.1) is 11.8 Å². The third-order valence-corrected chi connectivity index (χ3v) is 7.60. The maximum absolute atomic E-state index is 11.9. The zero-order valence-electron chi connectivity index (χ0n) is 23.0. The Kier molecular flexibility index (Phi) is 10.2. The average Bonchev–Trinajstić information content (AvgIpc) is 2.92. The number of piperidine rings is 1. The first-order chi connectivity index (χ1) is 18.0. The van der Waals surface area contributed by atoms with Gasteiger partial charge in [0.25, 0.3) is 0 Å². The molecule has 2 aliphatic rings. The standard InChI is InChI=1S/C30H44N4O3/c1-4-5-11-28-27(23-12-14-25(15-13-23)36-24-9-7-6-8-10-24)22-29(32-31-28)37-26-16-19-34(20-17-26)21-18-30(35)33(2)3/h12-15,22,24,26H,4-11,16-21H2,1-3H3. The van der Waals surface area contributed by atoms with Crippen LogP contribution in [0.25, 0.3) is 11.1 Å². The molecule has 1 aromatic heterocycles. The van der Waals surface area contributed by atoms with Crippen molar-refractivity contribution in [1.82, 2.24) is 20.0 Å². The number of aryl methyl sites for hydroxylation is 1. The van der Waals surface area contributed by atoms with Crippen molar-refractivity contribution in [2.45, 2.75) is 89.8 Å². The van der Waals surface area contributed by atoms with E-state index < -0.39 is 0 Å². The van der Waals surface area contributed by atoms with Crippen molar-refractivity contribution in [3.8, 4) is 22.8 Å². The smallest absolute Gasteiger partial charge is 0.234 e. The predicted octanol–water partition coefficient (Wildman–Crippen LogP) is 5.52. The van der Waals surface area contributed by atoms with Crippen LogP contribution in [0.2, 0.25) is 0 Å². The molecule has 7 heteroatoms. The van der Waals surface area contributed by atoms with Crippen LogP contribution >= 0.6 is 0 Å². The summed E-state index contributed by atoms with van der Waals surface area (Å²) in [6.45, 7) is 4.87. The fraction of sp³-hybridized carbons (Fsp3) is 0.633. The van der Waals surface area contributed by atoms with Gasteiger partial charge in [-0.1, -0.05) is 31.9 Å². The van der Waals surface area contributed by atoms with Crippen LogP contribution in [0, 0.1) is 0 Å². The van der Waals surface area contributed by atoms with E-state index in [9.17, 15) is 4.79 Å². The van der Waals surface area contributed by atoms with Crippen molar-refractivity contribution in [2.24, 2.45) is 0 Å². The summed E-state index contributed by atoms with van der Waals surface area (Å²) < 4.78 is 12.6. The third-order valence-electron chi connectivity index (χ3n) is 7.60. The number of aromatic nitrogens is 2. The molecular formula is C30H44N4O3. The van der Waals surface area contributed by atoms with Crippen LogP contribution in [0.3, 0.4) is 0 Å². The van der Waals surface area contributed by atoms with Gasteiger partial charge < -0.3 is 19.3 Å². The molecule has 37 heavy (non-hydrogen) atoms. The fourth-order valence-electron chi connectivity index (χ4n) is 5.22. The molecule has 0 N–H and O–H groups in total. The van der Waals surface area contributed by atoms with Gasteiger partial charge in [0, 0.05) is 51.8 Å². The van der Waals surface area contributed by atoms with E-state index in [0.717, 1.165) is 87.2 Å². The second-order valence-electron chi connectivity index (χ2n) is 10.7. The minimum Gasteiger partial charge on any atom is -0.490 e. The molecule has 1 aliphatic heterocycles. The molecule has 0 atom stereocenters. The Labute approximate surface area is 222 Å². The van der Waals surface area contributed by atoms with E-state index in [1.54, 1.807) is 4.90 Å². The van der Waals surface area contributed by atoms with E-state index in [1.807, 2.05) is 14.1 Å². The quantitative estimate of drug-likeness (QED) is 0.398. The topological polar surface area (TPSA) is 67.8 Å². The average molecular weight is 509 g/mol. The van der Waals surface area contributed by atoms with E-state index >= 15 is 0 Å². The normalized spacial score (nSPS) is 17.5. The van der Waals surface area contributed by atoms with Gasteiger partial charge >= 0.3 is 0 Å². The molecule has 2 heterocycles. The summed E-state index contributed by atoms with van der Waals surface area (Å²) in [5.74, 6) is 1.72. The highest BCUT2D eigenvalue weighted by molar-refractivity contribution is 5.75. The first kappa shape index (κ1) is 27.4. The highest BCUT2D eigenvalue weighted by atomic mass is 16.5. The molecule has 0 unspecified atom stereocenters.